The Labute approximate surface area is 168 Å². The molecule has 0 radical (unpaired) electrons. The Morgan fingerprint density at radius 1 is 0.964 bits per heavy atom. The Hall–Kier alpha value is -1.46. The molecule has 5 rings (SSSR count). The van der Waals surface area contributed by atoms with Crippen LogP contribution in [0.1, 0.15) is 24.0 Å². The van der Waals surface area contributed by atoms with Gasteiger partial charge in [0.15, 0.2) is 0 Å². The minimum absolute atomic E-state index is 0.181. The molecule has 1 aliphatic carbocycles. The van der Waals surface area contributed by atoms with E-state index in [9.17, 15) is 5.11 Å². The summed E-state index contributed by atoms with van der Waals surface area (Å²) in [6, 6.07) is 13.7. The second kappa shape index (κ2) is 7.75. The van der Waals surface area contributed by atoms with Gasteiger partial charge in [-0.15, -0.1) is 0 Å². The quantitative estimate of drug-likeness (QED) is 0.888. The van der Waals surface area contributed by atoms with E-state index in [1.54, 1.807) is 0 Å². The highest BCUT2D eigenvalue weighted by molar-refractivity contribution is 5.88. The average Bonchev–Trinajstić information content (AvgIpc) is 3.11. The van der Waals surface area contributed by atoms with E-state index in [0.29, 0.717) is 17.9 Å². The van der Waals surface area contributed by atoms with Crippen molar-refractivity contribution in [3.63, 3.8) is 0 Å². The number of fused-ring (bicyclic) bond motifs is 2. The summed E-state index contributed by atoms with van der Waals surface area (Å²) in [7, 11) is 0. The van der Waals surface area contributed by atoms with Crippen LogP contribution in [0, 0.1) is 18.8 Å². The van der Waals surface area contributed by atoms with Crippen LogP contribution in [0.25, 0.3) is 10.8 Å². The second-order valence-electron chi connectivity index (χ2n) is 9.06. The first-order chi connectivity index (χ1) is 13.7. The molecule has 4 atom stereocenters. The average molecular weight is 381 g/mol. The molecule has 2 aromatic carbocycles. The lowest BCUT2D eigenvalue weighted by Gasteiger charge is -2.43. The number of nitrogens with zero attached hydrogens (tertiary/aromatic N) is 2. The lowest BCUT2D eigenvalue weighted by atomic mass is 9.77. The van der Waals surface area contributed by atoms with Gasteiger partial charge in [-0.1, -0.05) is 36.4 Å². The Kier molecular flexibility index (Phi) is 5.14. The van der Waals surface area contributed by atoms with Crippen LogP contribution in [-0.4, -0.2) is 66.4 Å². The predicted octanol–water partition coefficient (Wildman–Crippen LogP) is 3.05. The van der Waals surface area contributed by atoms with Crippen LogP contribution in [0.5, 0.6) is 0 Å². The van der Waals surface area contributed by atoms with Crippen LogP contribution in [0.15, 0.2) is 36.4 Å². The molecule has 0 bridgehead atoms. The third kappa shape index (κ3) is 3.48. The van der Waals surface area contributed by atoms with E-state index < -0.39 is 0 Å². The number of rotatable bonds is 3. The molecule has 3 fully saturated rings. The van der Waals surface area contributed by atoms with Gasteiger partial charge in [0, 0.05) is 38.8 Å². The van der Waals surface area contributed by atoms with Crippen molar-refractivity contribution in [2.45, 2.75) is 38.5 Å². The number of aliphatic hydroxyl groups is 1. The van der Waals surface area contributed by atoms with Crippen molar-refractivity contribution in [3.8, 4) is 0 Å². The number of ether oxygens (including phenoxy) is 1. The van der Waals surface area contributed by atoms with Crippen molar-refractivity contribution < 1.29 is 9.84 Å². The first-order valence-corrected chi connectivity index (χ1v) is 10.9. The summed E-state index contributed by atoms with van der Waals surface area (Å²) < 4.78 is 5.51. The van der Waals surface area contributed by atoms with Gasteiger partial charge in [-0.05, 0) is 53.5 Å². The molecule has 0 spiro atoms. The molecule has 2 heterocycles. The van der Waals surface area contributed by atoms with Crippen LogP contribution < -0.4 is 0 Å². The smallest absolute Gasteiger partial charge is 0.0698 e. The van der Waals surface area contributed by atoms with Crippen LogP contribution in [-0.2, 0) is 11.3 Å². The summed E-state index contributed by atoms with van der Waals surface area (Å²) in [4.78, 5) is 5.10. The number of aliphatic hydroxyl groups excluding tert-OH is 1. The summed E-state index contributed by atoms with van der Waals surface area (Å²) >= 11 is 0. The van der Waals surface area contributed by atoms with Crippen molar-refractivity contribution in [1.29, 1.82) is 0 Å². The Morgan fingerprint density at radius 3 is 2.46 bits per heavy atom. The number of aryl methyl sites for hydroxylation is 1. The topological polar surface area (TPSA) is 35.9 Å². The largest absolute Gasteiger partial charge is 0.391 e. The first-order valence-electron chi connectivity index (χ1n) is 10.9. The third-order valence-corrected chi connectivity index (χ3v) is 7.33. The number of likely N-dealkylation sites (tertiary alicyclic amines) is 1. The first kappa shape index (κ1) is 18.6. The standard InChI is InChI=1S/C24H32N2O2/c1-17-6-7-18(22-5-3-2-4-21(17)22)14-25-15-19-12-23(24(27)13-20(19)16-25)26-8-10-28-11-9-26/h2-7,19-20,23-24,27H,8-16H2,1H3/t19-,20+,23-,24-/m1/s1. The Balaban J connectivity index is 1.29. The Morgan fingerprint density at radius 2 is 1.68 bits per heavy atom. The summed E-state index contributed by atoms with van der Waals surface area (Å²) in [6.07, 6.45) is 1.91. The SMILES string of the molecule is Cc1ccc(CN2C[C@H]3C[C@@H](N4CCOCC4)[C@H](O)C[C@H]3C2)c2ccccc12. The molecule has 3 aliphatic rings. The lowest BCUT2D eigenvalue weighted by molar-refractivity contribution is -0.0520. The molecule has 0 aromatic heterocycles. The summed E-state index contributed by atoms with van der Waals surface area (Å²) in [6.45, 7) is 9.07. The van der Waals surface area contributed by atoms with Crippen molar-refractivity contribution in [2.24, 2.45) is 11.8 Å². The van der Waals surface area contributed by atoms with E-state index in [-0.39, 0.29) is 6.10 Å². The van der Waals surface area contributed by atoms with E-state index in [1.807, 2.05) is 0 Å². The van der Waals surface area contributed by atoms with Gasteiger partial charge in [0.25, 0.3) is 0 Å². The third-order valence-electron chi connectivity index (χ3n) is 7.33. The van der Waals surface area contributed by atoms with Crippen LogP contribution in [0.4, 0.5) is 0 Å². The van der Waals surface area contributed by atoms with Crippen molar-refractivity contribution >= 4 is 10.8 Å². The number of benzene rings is 2. The Bertz CT molecular complexity index is 832. The van der Waals surface area contributed by atoms with Gasteiger partial charge in [0.2, 0.25) is 0 Å². The zero-order valence-corrected chi connectivity index (χ0v) is 16.9. The molecule has 2 aromatic rings. The minimum atomic E-state index is -0.181. The maximum Gasteiger partial charge on any atom is 0.0698 e. The molecule has 1 saturated carbocycles. The van der Waals surface area contributed by atoms with Gasteiger partial charge in [-0.3, -0.25) is 9.80 Å². The maximum absolute atomic E-state index is 10.8. The molecular formula is C24H32N2O2. The van der Waals surface area contributed by atoms with Gasteiger partial charge in [0.05, 0.1) is 19.3 Å². The highest BCUT2D eigenvalue weighted by Gasteiger charge is 2.43. The predicted molar refractivity (Wildman–Crippen MR) is 112 cm³/mol. The van der Waals surface area contributed by atoms with Crippen molar-refractivity contribution in [3.05, 3.63) is 47.5 Å². The van der Waals surface area contributed by atoms with Crippen LogP contribution in [0.3, 0.4) is 0 Å². The van der Waals surface area contributed by atoms with E-state index in [4.69, 9.17) is 4.74 Å². The van der Waals surface area contributed by atoms with Gasteiger partial charge in [0.1, 0.15) is 0 Å². The number of hydrogen-bond acceptors (Lipinski definition) is 4. The summed E-state index contributed by atoms with van der Waals surface area (Å²) in [5.41, 5.74) is 2.79. The van der Waals surface area contributed by atoms with E-state index in [1.165, 1.54) is 28.4 Å². The molecule has 0 unspecified atom stereocenters. The second-order valence-corrected chi connectivity index (χ2v) is 9.06. The highest BCUT2D eigenvalue weighted by atomic mass is 16.5. The molecule has 1 N–H and O–H groups in total. The molecular weight excluding hydrogens is 348 g/mol. The fourth-order valence-corrected chi connectivity index (χ4v) is 5.83. The molecule has 0 amide bonds. The molecule has 4 nitrogen and oxygen atoms in total. The van der Waals surface area contributed by atoms with E-state index in [0.717, 1.165) is 52.2 Å². The lowest BCUT2D eigenvalue weighted by Crippen LogP contribution is -2.53. The minimum Gasteiger partial charge on any atom is -0.391 e. The molecule has 4 heteroatoms. The highest BCUT2D eigenvalue weighted by Crippen LogP contribution is 2.39. The zero-order valence-electron chi connectivity index (χ0n) is 16.9. The number of morpholine rings is 1. The molecule has 2 aliphatic heterocycles. The van der Waals surface area contributed by atoms with Gasteiger partial charge < -0.3 is 9.84 Å². The van der Waals surface area contributed by atoms with E-state index >= 15 is 0 Å². The molecule has 28 heavy (non-hydrogen) atoms. The fourth-order valence-electron chi connectivity index (χ4n) is 5.83. The molecule has 150 valence electrons. The van der Waals surface area contributed by atoms with Crippen molar-refractivity contribution in [1.82, 2.24) is 9.80 Å². The van der Waals surface area contributed by atoms with Crippen LogP contribution in [0.2, 0.25) is 0 Å². The summed E-state index contributed by atoms with van der Waals surface area (Å²) in [5, 5.41) is 13.6. The zero-order chi connectivity index (χ0) is 19.1. The number of hydrogen-bond donors (Lipinski definition) is 1. The molecule has 2 saturated heterocycles. The normalized spacial score (nSPS) is 31.9. The van der Waals surface area contributed by atoms with Gasteiger partial charge >= 0.3 is 0 Å². The fraction of sp³-hybridized carbons (Fsp3) is 0.583. The van der Waals surface area contributed by atoms with Crippen molar-refractivity contribution in [2.75, 3.05) is 39.4 Å². The van der Waals surface area contributed by atoms with E-state index in [2.05, 4.69) is 53.1 Å². The van der Waals surface area contributed by atoms with Crippen LogP contribution >= 0.6 is 0 Å². The summed E-state index contributed by atoms with van der Waals surface area (Å²) in [5.74, 6) is 1.36. The maximum atomic E-state index is 10.8. The monoisotopic (exact) mass is 380 g/mol. The van der Waals surface area contributed by atoms with Gasteiger partial charge in [-0.25, -0.2) is 0 Å². The van der Waals surface area contributed by atoms with Gasteiger partial charge in [-0.2, -0.15) is 0 Å².